The quantitative estimate of drug-likeness (QED) is 0.424. The first-order chi connectivity index (χ1) is 15.9. The number of para-hydroxylation sites is 1. The number of aromatic nitrogens is 1. The van der Waals surface area contributed by atoms with E-state index in [0.29, 0.717) is 11.7 Å². The average molecular weight is 465 g/mol. The van der Waals surface area contributed by atoms with Crippen molar-refractivity contribution in [3.8, 4) is 0 Å². The van der Waals surface area contributed by atoms with Crippen LogP contribution in [0.5, 0.6) is 0 Å². The molecular weight excluding hydrogens is 428 g/mol. The van der Waals surface area contributed by atoms with Crippen LogP contribution >= 0.6 is 12.2 Å². The molecule has 0 unspecified atom stereocenters. The maximum Gasteiger partial charge on any atom is 0.253 e. The predicted molar refractivity (Wildman–Crippen MR) is 144 cm³/mol. The highest BCUT2D eigenvalue weighted by molar-refractivity contribution is 7.80. The third-order valence-corrected chi connectivity index (χ3v) is 6.76. The number of hydrogen-bond acceptors (Lipinski definition) is 3. The molecule has 0 spiro atoms. The molecule has 0 amide bonds. The Morgan fingerprint density at radius 1 is 0.970 bits per heavy atom. The van der Waals surface area contributed by atoms with Crippen molar-refractivity contribution in [3.63, 3.8) is 0 Å². The summed E-state index contributed by atoms with van der Waals surface area (Å²) in [5.41, 5.74) is 6.17. The van der Waals surface area contributed by atoms with E-state index >= 15 is 0 Å². The summed E-state index contributed by atoms with van der Waals surface area (Å²) >= 11 is 5.85. The Bertz CT molecular complexity index is 1170. The molecule has 1 aromatic heterocycles. The molecular formula is C27H36N4OS. The Kier molecular flexibility index (Phi) is 8.64. The summed E-state index contributed by atoms with van der Waals surface area (Å²) in [7, 11) is 0. The highest BCUT2D eigenvalue weighted by Crippen LogP contribution is 2.19. The van der Waals surface area contributed by atoms with Gasteiger partial charge in [-0.1, -0.05) is 39.0 Å². The lowest BCUT2D eigenvalue weighted by atomic mass is 10.0. The van der Waals surface area contributed by atoms with Crippen LogP contribution in [0.3, 0.4) is 0 Å². The number of aryl methyl sites for hydroxylation is 3. The van der Waals surface area contributed by atoms with Gasteiger partial charge < -0.3 is 20.1 Å². The van der Waals surface area contributed by atoms with Crippen molar-refractivity contribution in [1.29, 1.82) is 0 Å². The molecule has 0 aliphatic carbocycles. The van der Waals surface area contributed by atoms with E-state index in [9.17, 15) is 4.79 Å². The zero-order chi connectivity index (χ0) is 24.0. The Labute approximate surface area is 202 Å². The topological polar surface area (TPSA) is 51.4 Å². The number of benzene rings is 2. The standard InChI is InChI=1S/C27H36N4OS/c1-6-21-11-9-10-12-24(21)29-27(33)31(14-13-30(7-2)8-3)18-23-17-22-15-19(4)20(5)16-25(22)28-26(23)32/h9-12,15-17H,6-8,13-14,18H2,1-5H3,(H,28,32)(H,29,33). The molecule has 2 aromatic carbocycles. The normalized spacial score (nSPS) is 11.2. The van der Waals surface area contributed by atoms with Gasteiger partial charge in [0.05, 0.1) is 6.54 Å². The van der Waals surface area contributed by atoms with Gasteiger partial charge in [0.2, 0.25) is 0 Å². The number of pyridine rings is 1. The lowest BCUT2D eigenvalue weighted by Crippen LogP contribution is -2.41. The van der Waals surface area contributed by atoms with E-state index in [-0.39, 0.29) is 5.56 Å². The number of aromatic amines is 1. The highest BCUT2D eigenvalue weighted by atomic mass is 32.1. The van der Waals surface area contributed by atoms with Crippen LogP contribution in [-0.4, -0.2) is 46.1 Å². The van der Waals surface area contributed by atoms with Crippen LogP contribution in [0.25, 0.3) is 10.9 Å². The van der Waals surface area contributed by atoms with E-state index in [1.807, 2.05) is 24.3 Å². The van der Waals surface area contributed by atoms with Crippen LogP contribution in [0.2, 0.25) is 0 Å². The largest absolute Gasteiger partial charge is 0.343 e. The maximum atomic E-state index is 12.9. The molecule has 2 N–H and O–H groups in total. The molecule has 0 bridgehead atoms. The molecule has 1 heterocycles. The fourth-order valence-corrected chi connectivity index (χ4v) is 4.31. The smallest absolute Gasteiger partial charge is 0.253 e. The number of likely N-dealkylation sites (N-methyl/N-ethyl adjacent to an activating group) is 1. The summed E-state index contributed by atoms with van der Waals surface area (Å²) < 4.78 is 0. The van der Waals surface area contributed by atoms with Crippen molar-refractivity contribution in [1.82, 2.24) is 14.8 Å². The van der Waals surface area contributed by atoms with E-state index in [1.54, 1.807) is 0 Å². The van der Waals surface area contributed by atoms with E-state index < -0.39 is 0 Å². The Hall–Kier alpha value is -2.70. The summed E-state index contributed by atoms with van der Waals surface area (Å²) in [4.78, 5) is 20.5. The van der Waals surface area contributed by atoms with Crippen molar-refractivity contribution in [2.24, 2.45) is 0 Å². The number of hydrogen-bond donors (Lipinski definition) is 2. The van der Waals surface area contributed by atoms with Gasteiger partial charge in [0.15, 0.2) is 5.11 Å². The SMILES string of the molecule is CCc1ccccc1NC(=S)N(CCN(CC)CC)Cc1cc2cc(C)c(C)cc2[nH]c1=O. The molecule has 6 heteroatoms. The molecule has 0 atom stereocenters. The second-order valence-electron chi connectivity index (χ2n) is 8.54. The number of anilines is 1. The van der Waals surface area contributed by atoms with Crippen molar-refractivity contribution in [3.05, 3.63) is 75.1 Å². The van der Waals surface area contributed by atoms with Gasteiger partial charge in [-0.05, 0) is 91.9 Å². The third-order valence-electron chi connectivity index (χ3n) is 6.40. The predicted octanol–water partition coefficient (Wildman–Crippen LogP) is 5.25. The van der Waals surface area contributed by atoms with Crippen LogP contribution in [0.15, 0.2) is 47.3 Å². The number of fused-ring (bicyclic) bond motifs is 1. The zero-order valence-electron chi connectivity index (χ0n) is 20.5. The third kappa shape index (κ3) is 6.21. The first-order valence-corrected chi connectivity index (χ1v) is 12.3. The molecule has 176 valence electrons. The highest BCUT2D eigenvalue weighted by Gasteiger charge is 2.16. The summed E-state index contributed by atoms with van der Waals surface area (Å²) in [6.45, 7) is 14.7. The molecule has 0 aliphatic heterocycles. The molecule has 33 heavy (non-hydrogen) atoms. The number of nitrogens with one attached hydrogen (secondary N) is 2. The van der Waals surface area contributed by atoms with Crippen LogP contribution in [0.4, 0.5) is 5.69 Å². The number of H-pyrrole nitrogens is 1. The van der Waals surface area contributed by atoms with Gasteiger partial charge in [0.25, 0.3) is 5.56 Å². The van der Waals surface area contributed by atoms with Crippen LogP contribution in [0, 0.1) is 13.8 Å². The first-order valence-electron chi connectivity index (χ1n) is 11.9. The second-order valence-corrected chi connectivity index (χ2v) is 8.92. The number of thiocarbonyl (C=S) groups is 1. The minimum atomic E-state index is -0.0599. The molecule has 0 radical (unpaired) electrons. The van der Waals surface area contributed by atoms with Gasteiger partial charge in [-0.25, -0.2) is 0 Å². The van der Waals surface area contributed by atoms with E-state index in [1.165, 1.54) is 16.7 Å². The van der Waals surface area contributed by atoms with Crippen LogP contribution in [0.1, 0.15) is 43.0 Å². The monoisotopic (exact) mass is 464 g/mol. The molecule has 0 saturated carbocycles. The minimum absolute atomic E-state index is 0.0599. The van der Waals surface area contributed by atoms with Crippen LogP contribution in [-0.2, 0) is 13.0 Å². The van der Waals surface area contributed by atoms with E-state index in [0.717, 1.165) is 54.8 Å². The fraction of sp³-hybridized carbons (Fsp3) is 0.407. The van der Waals surface area contributed by atoms with Gasteiger partial charge >= 0.3 is 0 Å². The minimum Gasteiger partial charge on any atom is -0.343 e. The molecule has 0 fully saturated rings. The summed E-state index contributed by atoms with van der Waals surface area (Å²) in [5, 5.41) is 5.13. The second kappa shape index (κ2) is 11.4. The molecule has 3 aromatic rings. The summed E-state index contributed by atoms with van der Waals surface area (Å²) in [5.74, 6) is 0. The van der Waals surface area contributed by atoms with E-state index in [4.69, 9.17) is 12.2 Å². The molecule has 3 rings (SSSR count). The van der Waals surface area contributed by atoms with E-state index in [2.05, 4.69) is 72.9 Å². The zero-order valence-corrected chi connectivity index (χ0v) is 21.3. The maximum absolute atomic E-state index is 12.9. The summed E-state index contributed by atoms with van der Waals surface area (Å²) in [6.07, 6.45) is 0.925. The van der Waals surface area contributed by atoms with Crippen molar-refractivity contribution < 1.29 is 0 Å². The first kappa shape index (κ1) is 24.9. The lowest BCUT2D eigenvalue weighted by Gasteiger charge is -2.29. The molecule has 5 nitrogen and oxygen atoms in total. The van der Waals surface area contributed by atoms with Gasteiger partial charge in [-0.3, -0.25) is 4.79 Å². The van der Waals surface area contributed by atoms with Crippen molar-refractivity contribution in [2.45, 2.75) is 47.6 Å². The van der Waals surface area contributed by atoms with Gasteiger partial charge in [-0.15, -0.1) is 0 Å². The molecule has 0 saturated heterocycles. The van der Waals surface area contributed by atoms with Crippen molar-refractivity contribution in [2.75, 3.05) is 31.5 Å². The molecule has 0 aliphatic rings. The van der Waals surface area contributed by atoms with Gasteiger partial charge in [0, 0.05) is 29.9 Å². The van der Waals surface area contributed by atoms with Crippen molar-refractivity contribution >= 4 is 33.9 Å². The van der Waals surface area contributed by atoms with Gasteiger partial charge in [0.1, 0.15) is 0 Å². The number of rotatable bonds is 9. The Morgan fingerprint density at radius 2 is 1.67 bits per heavy atom. The van der Waals surface area contributed by atoms with Gasteiger partial charge in [-0.2, -0.15) is 0 Å². The fourth-order valence-electron chi connectivity index (χ4n) is 4.04. The number of nitrogens with zero attached hydrogens (tertiary/aromatic N) is 2. The average Bonchev–Trinajstić information content (AvgIpc) is 2.80. The summed E-state index contributed by atoms with van der Waals surface area (Å²) in [6, 6.07) is 14.4. The Balaban J connectivity index is 1.90. The lowest BCUT2D eigenvalue weighted by molar-refractivity contribution is 0.266. The van der Waals surface area contributed by atoms with Crippen LogP contribution < -0.4 is 10.9 Å². The Morgan fingerprint density at radius 3 is 2.36 bits per heavy atom.